The van der Waals surface area contributed by atoms with Crippen LogP contribution in [-0.2, 0) is 11.8 Å². The molecule has 1 aliphatic heterocycles. The quantitative estimate of drug-likeness (QED) is 0.637. The van der Waals surface area contributed by atoms with Gasteiger partial charge in [-0.1, -0.05) is 0 Å². The Labute approximate surface area is 83.9 Å². The van der Waals surface area contributed by atoms with E-state index in [1.807, 2.05) is 0 Å². The second-order valence-corrected chi connectivity index (χ2v) is 3.14. The number of aryl methyl sites for hydroxylation is 1. The predicted octanol–water partition coefficient (Wildman–Crippen LogP) is -0.899. The summed E-state index contributed by atoms with van der Waals surface area (Å²) < 4.78 is 1.40. The van der Waals surface area contributed by atoms with Crippen molar-refractivity contribution >= 4 is 17.8 Å². The van der Waals surface area contributed by atoms with Gasteiger partial charge in [0.15, 0.2) is 5.69 Å². The van der Waals surface area contributed by atoms with Crippen molar-refractivity contribution in [2.24, 2.45) is 7.05 Å². The molecule has 1 aliphatic rings. The van der Waals surface area contributed by atoms with Crippen LogP contribution in [0.15, 0.2) is 6.33 Å². The molecule has 7 heteroatoms. The Hall–Kier alpha value is -2.18. The number of imide groups is 1. The zero-order chi connectivity index (χ0) is 11.2. The Morgan fingerprint density at radius 2 is 2.13 bits per heavy atom. The molecule has 78 valence electrons. The van der Waals surface area contributed by atoms with E-state index < -0.39 is 24.3 Å². The van der Waals surface area contributed by atoms with E-state index >= 15 is 0 Å². The molecule has 0 saturated heterocycles. The zero-order valence-electron chi connectivity index (χ0n) is 7.80. The van der Waals surface area contributed by atoms with Gasteiger partial charge in [-0.2, -0.15) is 0 Å². The van der Waals surface area contributed by atoms with Gasteiger partial charge >= 0.3 is 5.97 Å². The van der Waals surface area contributed by atoms with Gasteiger partial charge in [-0.25, -0.2) is 4.98 Å². The highest BCUT2D eigenvalue weighted by atomic mass is 16.4. The van der Waals surface area contributed by atoms with Crippen molar-refractivity contribution in [1.82, 2.24) is 14.5 Å². The van der Waals surface area contributed by atoms with Crippen LogP contribution in [0.2, 0.25) is 0 Å². The van der Waals surface area contributed by atoms with Crippen LogP contribution < -0.4 is 0 Å². The molecule has 15 heavy (non-hydrogen) atoms. The van der Waals surface area contributed by atoms with Crippen molar-refractivity contribution in [2.45, 2.75) is 0 Å². The van der Waals surface area contributed by atoms with Crippen molar-refractivity contribution in [3.8, 4) is 0 Å². The summed E-state index contributed by atoms with van der Waals surface area (Å²) in [5, 5.41) is 8.52. The molecule has 2 heterocycles. The summed E-state index contributed by atoms with van der Waals surface area (Å²) in [6.07, 6.45) is 1.35. The lowest BCUT2D eigenvalue weighted by Crippen LogP contribution is -2.35. The fourth-order valence-electron chi connectivity index (χ4n) is 1.47. The summed E-state index contributed by atoms with van der Waals surface area (Å²) in [5.41, 5.74) is 0.157. The molecule has 2 rings (SSSR count). The first-order valence-electron chi connectivity index (χ1n) is 4.11. The third-order valence-corrected chi connectivity index (χ3v) is 2.13. The number of carboxylic acid groups (broad SMARTS) is 1. The summed E-state index contributed by atoms with van der Waals surface area (Å²) >= 11 is 0. The number of carbonyl (C=O) groups is 3. The van der Waals surface area contributed by atoms with E-state index in [9.17, 15) is 14.4 Å². The average molecular weight is 209 g/mol. The van der Waals surface area contributed by atoms with Crippen LogP contribution in [0.1, 0.15) is 21.0 Å². The summed E-state index contributed by atoms with van der Waals surface area (Å²) in [7, 11) is 1.57. The molecule has 0 saturated carbocycles. The van der Waals surface area contributed by atoms with Crippen molar-refractivity contribution in [3.05, 3.63) is 17.7 Å². The molecule has 0 unspecified atom stereocenters. The maximum atomic E-state index is 11.6. The van der Waals surface area contributed by atoms with Crippen LogP contribution >= 0.6 is 0 Å². The molecular weight excluding hydrogens is 202 g/mol. The Bertz CT molecular complexity index is 476. The number of hydrogen-bond acceptors (Lipinski definition) is 4. The standard InChI is InChI=1S/C8H7N3O4/c1-10-3-9-5-6(10)8(15)11(7(5)14)2-4(12)13/h3H,2H2,1H3,(H,12,13). The minimum absolute atomic E-state index is 0.0174. The third-order valence-electron chi connectivity index (χ3n) is 2.13. The lowest BCUT2D eigenvalue weighted by atomic mass is 10.4. The average Bonchev–Trinajstić information content (AvgIpc) is 2.62. The second kappa shape index (κ2) is 2.91. The van der Waals surface area contributed by atoms with Gasteiger partial charge in [-0.05, 0) is 0 Å². The summed E-state index contributed by atoms with van der Waals surface area (Å²) in [4.78, 5) is 38.0. The number of aromatic nitrogens is 2. The molecule has 0 aliphatic carbocycles. The Morgan fingerprint density at radius 1 is 1.47 bits per heavy atom. The van der Waals surface area contributed by atoms with Crippen LogP contribution in [0, 0.1) is 0 Å². The molecule has 0 spiro atoms. The van der Waals surface area contributed by atoms with Crippen LogP contribution in [-0.4, -0.2) is 43.9 Å². The van der Waals surface area contributed by atoms with E-state index in [0.717, 1.165) is 0 Å². The smallest absolute Gasteiger partial charge is 0.323 e. The zero-order valence-corrected chi connectivity index (χ0v) is 7.80. The van der Waals surface area contributed by atoms with Crippen molar-refractivity contribution in [1.29, 1.82) is 0 Å². The minimum Gasteiger partial charge on any atom is -0.480 e. The highest BCUT2D eigenvalue weighted by molar-refractivity contribution is 6.20. The van der Waals surface area contributed by atoms with Gasteiger partial charge in [0.2, 0.25) is 0 Å². The van der Waals surface area contributed by atoms with Crippen molar-refractivity contribution in [3.63, 3.8) is 0 Å². The number of aliphatic carboxylic acids is 1. The molecular formula is C8H7N3O4. The number of fused-ring (bicyclic) bond motifs is 1. The highest BCUT2D eigenvalue weighted by Gasteiger charge is 2.40. The number of carboxylic acids is 1. The molecule has 0 radical (unpaired) electrons. The van der Waals surface area contributed by atoms with Crippen molar-refractivity contribution < 1.29 is 19.5 Å². The fourth-order valence-corrected chi connectivity index (χ4v) is 1.47. The lowest BCUT2D eigenvalue weighted by molar-refractivity contribution is -0.137. The van der Waals surface area contributed by atoms with Gasteiger partial charge in [-0.15, -0.1) is 0 Å². The van der Waals surface area contributed by atoms with Gasteiger partial charge in [0.1, 0.15) is 12.2 Å². The molecule has 0 bridgehead atoms. The van der Waals surface area contributed by atoms with Crippen LogP contribution in [0.25, 0.3) is 0 Å². The minimum atomic E-state index is -1.23. The molecule has 0 atom stereocenters. The maximum absolute atomic E-state index is 11.6. The van der Waals surface area contributed by atoms with Crippen LogP contribution in [0.5, 0.6) is 0 Å². The fraction of sp³-hybridized carbons (Fsp3) is 0.250. The number of nitrogens with zero attached hydrogens (tertiary/aromatic N) is 3. The normalized spacial score (nSPS) is 14.6. The molecule has 1 N–H and O–H groups in total. The largest absolute Gasteiger partial charge is 0.480 e. The van der Waals surface area contributed by atoms with Crippen LogP contribution in [0.3, 0.4) is 0 Å². The van der Waals surface area contributed by atoms with Gasteiger partial charge in [0, 0.05) is 7.05 Å². The number of imidazole rings is 1. The van der Waals surface area contributed by atoms with E-state index in [0.29, 0.717) is 4.90 Å². The second-order valence-electron chi connectivity index (χ2n) is 3.14. The molecule has 2 amide bonds. The number of rotatable bonds is 2. The monoisotopic (exact) mass is 209 g/mol. The number of hydrogen-bond donors (Lipinski definition) is 1. The van der Waals surface area contributed by atoms with E-state index in [1.165, 1.54) is 10.9 Å². The number of carbonyl (C=O) groups excluding carboxylic acids is 2. The van der Waals surface area contributed by atoms with E-state index in [-0.39, 0.29) is 11.4 Å². The van der Waals surface area contributed by atoms with Crippen LogP contribution in [0.4, 0.5) is 0 Å². The first kappa shape index (κ1) is 9.38. The first-order chi connectivity index (χ1) is 7.02. The van der Waals surface area contributed by atoms with Gasteiger partial charge < -0.3 is 9.67 Å². The molecule has 0 aromatic carbocycles. The Morgan fingerprint density at radius 3 is 2.67 bits per heavy atom. The maximum Gasteiger partial charge on any atom is 0.323 e. The SMILES string of the molecule is Cn1cnc2c1C(=O)N(CC(=O)O)C2=O. The first-order valence-corrected chi connectivity index (χ1v) is 4.11. The Balaban J connectivity index is 2.42. The highest BCUT2D eigenvalue weighted by Crippen LogP contribution is 2.20. The van der Waals surface area contributed by atoms with Gasteiger partial charge in [0.05, 0.1) is 6.33 Å². The Kier molecular flexibility index (Phi) is 1.82. The third kappa shape index (κ3) is 1.20. The molecule has 0 fully saturated rings. The number of amides is 2. The van der Waals surface area contributed by atoms with E-state index in [1.54, 1.807) is 7.05 Å². The van der Waals surface area contributed by atoms with Gasteiger partial charge in [0.25, 0.3) is 11.8 Å². The van der Waals surface area contributed by atoms with E-state index in [4.69, 9.17) is 5.11 Å². The molecule has 7 nitrogen and oxygen atoms in total. The van der Waals surface area contributed by atoms with Gasteiger partial charge in [-0.3, -0.25) is 19.3 Å². The topological polar surface area (TPSA) is 92.5 Å². The molecule has 1 aromatic heterocycles. The summed E-state index contributed by atoms with van der Waals surface area (Å²) in [6, 6.07) is 0. The lowest BCUT2D eigenvalue weighted by Gasteiger charge is -2.09. The summed E-state index contributed by atoms with van der Waals surface area (Å²) in [5.74, 6) is -2.50. The van der Waals surface area contributed by atoms with E-state index in [2.05, 4.69) is 4.98 Å². The van der Waals surface area contributed by atoms with Crippen molar-refractivity contribution in [2.75, 3.05) is 6.54 Å². The predicted molar refractivity (Wildman–Crippen MR) is 46.2 cm³/mol. The summed E-state index contributed by atoms with van der Waals surface area (Å²) in [6.45, 7) is -0.631. The molecule has 1 aromatic rings.